The molecule has 34 heavy (non-hydrogen) atoms. The predicted molar refractivity (Wildman–Crippen MR) is 130 cm³/mol. The number of fused-ring (bicyclic) bond motifs is 1. The lowest BCUT2D eigenvalue weighted by Gasteiger charge is -2.38. The van der Waals surface area contributed by atoms with Gasteiger partial charge in [0.25, 0.3) is 0 Å². The summed E-state index contributed by atoms with van der Waals surface area (Å²) in [4.78, 5) is 18.3. The van der Waals surface area contributed by atoms with Gasteiger partial charge in [0.2, 0.25) is 5.88 Å². The number of rotatable bonds is 9. The van der Waals surface area contributed by atoms with E-state index in [1.165, 1.54) is 0 Å². The first kappa shape index (κ1) is 22.2. The Balaban J connectivity index is 1.20. The van der Waals surface area contributed by atoms with Crippen molar-refractivity contribution < 1.29 is 14.3 Å². The van der Waals surface area contributed by atoms with Gasteiger partial charge in [0.1, 0.15) is 11.5 Å². The fourth-order valence-electron chi connectivity index (χ4n) is 4.52. The first-order chi connectivity index (χ1) is 16.4. The van der Waals surface area contributed by atoms with Crippen molar-refractivity contribution in [2.75, 3.05) is 31.6 Å². The Morgan fingerprint density at radius 1 is 1.26 bits per heavy atom. The number of benzene rings is 1. The summed E-state index contributed by atoms with van der Waals surface area (Å²) in [5, 5.41) is 7.78. The largest absolute Gasteiger partial charge is 0.438 e. The van der Waals surface area contributed by atoms with Crippen LogP contribution in [0.5, 0.6) is 11.6 Å². The number of carbonyl (C=O) groups is 1. The van der Waals surface area contributed by atoms with Gasteiger partial charge in [-0.3, -0.25) is 4.79 Å². The van der Waals surface area contributed by atoms with Gasteiger partial charge in [-0.1, -0.05) is 25.3 Å². The predicted octanol–water partition coefficient (Wildman–Crippen LogP) is 4.20. The Bertz CT molecular complexity index is 1260. The molecular formula is C26H29N5O3. The van der Waals surface area contributed by atoms with E-state index < -0.39 is 0 Å². The molecule has 0 aliphatic carbocycles. The van der Waals surface area contributed by atoms with Crippen LogP contribution in [-0.4, -0.2) is 51.6 Å². The molecule has 0 amide bonds. The Kier molecular flexibility index (Phi) is 5.83. The van der Waals surface area contributed by atoms with Crippen LogP contribution in [-0.2, 0) is 16.0 Å². The third kappa shape index (κ3) is 4.82. The van der Waals surface area contributed by atoms with Crippen molar-refractivity contribution >= 4 is 17.2 Å². The van der Waals surface area contributed by atoms with E-state index in [4.69, 9.17) is 9.47 Å². The van der Waals surface area contributed by atoms with Gasteiger partial charge in [-0.2, -0.15) is 0 Å². The van der Waals surface area contributed by atoms with Crippen LogP contribution in [0.25, 0.3) is 5.65 Å². The first-order valence-electron chi connectivity index (χ1n) is 11.5. The third-order valence-corrected chi connectivity index (χ3v) is 6.29. The van der Waals surface area contributed by atoms with Gasteiger partial charge in [0.05, 0.1) is 19.4 Å². The molecule has 2 aliphatic heterocycles. The molecule has 2 fully saturated rings. The average molecular weight is 460 g/mol. The van der Waals surface area contributed by atoms with Gasteiger partial charge in [0.15, 0.2) is 11.5 Å². The molecule has 8 heteroatoms. The van der Waals surface area contributed by atoms with Crippen molar-refractivity contribution in [3.63, 3.8) is 0 Å². The zero-order chi connectivity index (χ0) is 23.7. The van der Waals surface area contributed by atoms with Crippen LogP contribution < -0.4 is 10.1 Å². The van der Waals surface area contributed by atoms with E-state index in [1.807, 2.05) is 30.3 Å². The maximum atomic E-state index is 11.4. The maximum Gasteiger partial charge on any atom is 0.237 e. The van der Waals surface area contributed by atoms with E-state index in [-0.39, 0.29) is 5.78 Å². The van der Waals surface area contributed by atoms with Crippen LogP contribution in [0.4, 0.5) is 5.82 Å². The summed E-state index contributed by atoms with van der Waals surface area (Å²) >= 11 is 0. The molecule has 0 unspecified atom stereocenters. The Labute approximate surface area is 198 Å². The fraction of sp³-hybridized carbons (Fsp3) is 0.346. The van der Waals surface area contributed by atoms with Gasteiger partial charge in [0, 0.05) is 48.8 Å². The van der Waals surface area contributed by atoms with Gasteiger partial charge < -0.3 is 19.7 Å². The SMILES string of the molecule is C=C(CC(=C)N1CCC2(COC2)C1)Nc1cn2nc(Oc3cccc(CC(C)=O)c3)ccc2n1. The maximum absolute atomic E-state index is 11.4. The highest BCUT2D eigenvalue weighted by molar-refractivity contribution is 5.78. The van der Waals surface area contributed by atoms with E-state index in [1.54, 1.807) is 23.7 Å². The number of imidazole rings is 1. The molecule has 2 saturated heterocycles. The third-order valence-electron chi connectivity index (χ3n) is 6.29. The molecule has 0 bridgehead atoms. The van der Waals surface area contributed by atoms with Crippen LogP contribution >= 0.6 is 0 Å². The van der Waals surface area contributed by atoms with Crippen LogP contribution in [0.2, 0.25) is 0 Å². The first-order valence-corrected chi connectivity index (χ1v) is 11.5. The lowest BCUT2D eigenvalue weighted by atomic mass is 9.85. The molecule has 0 radical (unpaired) electrons. The fourth-order valence-corrected chi connectivity index (χ4v) is 4.52. The highest BCUT2D eigenvalue weighted by Crippen LogP contribution is 2.39. The van der Waals surface area contributed by atoms with Crippen LogP contribution in [0.3, 0.4) is 0 Å². The second kappa shape index (κ2) is 8.95. The van der Waals surface area contributed by atoms with Crippen molar-refractivity contribution in [2.24, 2.45) is 5.41 Å². The molecule has 3 aromatic rings. The van der Waals surface area contributed by atoms with Gasteiger partial charge >= 0.3 is 0 Å². The highest BCUT2D eigenvalue weighted by Gasteiger charge is 2.44. The van der Waals surface area contributed by atoms with Crippen LogP contribution in [0, 0.1) is 5.41 Å². The normalized spacial score (nSPS) is 16.4. The highest BCUT2D eigenvalue weighted by atomic mass is 16.5. The van der Waals surface area contributed by atoms with Crippen molar-refractivity contribution in [1.29, 1.82) is 0 Å². The zero-order valence-electron chi connectivity index (χ0n) is 19.4. The molecule has 0 atom stereocenters. The number of Topliss-reactive ketones (excluding diaryl/α,β-unsaturated/α-hetero) is 1. The molecule has 1 aromatic carbocycles. The summed E-state index contributed by atoms with van der Waals surface area (Å²) in [6, 6.07) is 11.1. The molecule has 2 aromatic heterocycles. The molecule has 5 rings (SSSR count). The van der Waals surface area contributed by atoms with Gasteiger partial charge in [-0.25, -0.2) is 9.50 Å². The average Bonchev–Trinajstić information content (AvgIpc) is 3.37. The Morgan fingerprint density at radius 3 is 2.85 bits per heavy atom. The Morgan fingerprint density at radius 2 is 2.12 bits per heavy atom. The van der Waals surface area contributed by atoms with Crippen molar-refractivity contribution in [3.8, 4) is 11.6 Å². The van der Waals surface area contributed by atoms with Gasteiger partial charge in [-0.05, 0) is 37.1 Å². The van der Waals surface area contributed by atoms with E-state index in [9.17, 15) is 4.79 Å². The number of hydrogen-bond donors (Lipinski definition) is 1. The van der Waals surface area contributed by atoms with E-state index in [2.05, 4.69) is 33.5 Å². The molecule has 4 heterocycles. The summed E-state index contributed by atoms with van der Waals surface area (Å²) in [6.45, 7) is 13.8. The molecule has 8 nitrogen and oxygen atoms in total. The van der Waals surface area contributed by atoms with Crippen LogP contribution in [0.1, 0.15) is 25.3 Å². The number of ether oxygens (including phenoxy) is 2. The second-order valence-corrected chi connectivity index (χ2v) is 9.36. The monoisotopic (exact) mass is 459 g/mol. The number of nitrogens with one attached hydrogen (secondary N) is 1. The summed E-state index contributed by atoms with van der Waals surface area (Å²) < 4.78 is 13.0. The lowest BCUT2D eigenvalue weighted by Crippen LogP contribution is -2.44. The van der Waals surface area contributed by atoms with Crippen molar-refractivity contribution in [3.05, 3.63) is 72.7 Å². The molecule has 176 valence electrons. The number of carbonyl (C=O) groups excluding carboxylic acids is 1. The summed E-state index contributed by atoms with van der Waals surface area (Å²) in [5.41, 5.74) is 3.83. The summed E-state index contributed by atoms with van der Waals surface area (Å²) in [5.74, 6) is 1.84. The summed E-state index contributed by atoms with van der Waals surface area (Å²) in [7, 11) is 0. The van der Waals surface area contributed by atoms with E-state index in [0.29, 0.717) is 41.4 Å². The second-order valence-electron chi connectivity index (χ2n) is 9.36. The summed E-state index contributed by atoms with van der Waals surface area (Å²) in [6.07, 6.45) is 4.00. The van der Waals surface area contributed by atoms with E-state index in [0.717, 1.165) is 49.7 Å². The Hall–Kier alpha value is -3.65. The molecule has 2 aliphatic rings. The number of likely N-dealkylation sites (tertiary alicyclic amines) is 1. The number of ketones is 1. The number of aromatic nitrogens is 3. The quantitative estimate of drug-likeness (QED) is 0.513. The smallest absolute Gasteiger partial charge is 0.237 e. The molecular weight excluding hydrogens is 430 g/mol. The zero-order valence-corrected chi connectivity index (χ0v) is 19.4. The lowest BCUT2D eigenvalue weighted by molar-refractivity contribution is -0.116. The minimum atomic E-state index is 0.109. The van der Waals surface area contributed by atoms with Crippen molar-refractivity contribution in [1.82, 2.24) is 19.5 Å². The topological polar surface area (TPSA) is 81.0 Å². The minimum Gasteiger partial charge on any atom is -0.438 e. The van der Waals surface area contributed by atoms with Crippen LogP contribution in [0.15, 0.2) is 67.1 Å². The molecule has 1 spiro atoms. The molecule has 0 saturated carbocycles. The number of anilines is 1. The van der Waals surface area contributed by atoms with Crippen molar-refractivity contribution in [2.45, 2.75) is 26.2 Å². The number of hydrogen-bond acceptors (Lipinski definition) is 7. The standard InChI is InChI=1S/C26H29N5O3/c1-18(11-19(2)30-10-9-26(15-30)16-33-17-26)27-23-14-31-24(28-23)7-8-25(29-31)34-22-6-4-5-21(13-22)12-20(3)32/h4-8,13-14,27H,1-2,9-12,15-17H2,3H3. The van der Waals surface area contributed by atoms with Gasteiger partial charge in [-0.15, -0.1) is 5.10 Å². The van der Waals surface area contributed by atoms with E-state index >= 15 is 0 Å². The minimum absolute atomic E-state index is 0.109. The number of nitrogens with zero attached hydrogens (tertiary/aromatic N) is 4. The molecule has 1 N–H and O–H groups in total.